The summed E-state index contributed by atoms with van der Waals surface area (Å²) in [5, 5.41) is 0. The second kappa shape index (κ2) is 4.77. The molecule has 0 aliphatic carbocycles. The molecule has 9 heavy (non-hydrogen) atoms. The normalized spacial score (nSPS) is 7.11. The van der Waals surface area contributed by atoms with Crippen LogP contribution in [0.1, 0.15) is 0 Å². The highest BCUT2D eigenvalue weighted by molar-refractivity contribution is 5.32. The standard InChI is InChI=1S/C5H6N2.CH2O/c6-5-2-1-3-7-4-5;1-2/h1-4H,6H2;1H2. The van der Waals surface area contributed by atoms with Crippen LogP contribution in [0.15, 0.2) is 24.5 Å². The highest BCUT2D eigenvalue weighted by Crippen LogP contribution is 1.92. The van der Waals surface area contributed by atoms with Crippen molar-refractivity contribution >= 4 is 12.5 Å². The summed E-state index contributed by atoms with van der Waals surface area (Å²) in [7, 11) is 0. The van der Waals surface area contributed by atoms with Crippen molar-refractivity contribution in [3.63, 3.8) is 0 Å². The van der Waals surface area contributed by atoms with Crippen LogP contribution in [0.2, 0.25) is 0 Å². The van der Waals surface area contributed by atoms with E-state index < -0.39 is 0 Å². The fourth-order valence-electron chi connectivity index (χ4n) is 0.376. The third-order valence-corrected chi connectivity index (χ3v) is 0.684. The van der Waals surface area contributed by atoms with Crippen LogP contribution in [0, 0.1) is 0 Å². The van der Waals surface area contributed by atoms with E-state index in [0.717, 1.165) is 0 Å². The second-order valence-electron chi connectivity index (χ2n) is 1.29. The zero-order valence-electron chi connectivity index (χ0n) is 4.95. The predicted molar refractivity (Wildman–Crippen MR) is 35.8 cm³/mol. The minimum absolute atomic E-state index is 0.711. The topological polar surface area (TPSA) is 56.0 Å². The lowest BCUT2D eigenvalue weighted by Gasteiger charge is -1.83. The van der Waals surface area contributed by atoms with E-state index in [1.807, 2.05) is 6.79 Å². The van der Waals surface area contributed by atoms with Gasteiger partial charge in [-0.3, -0.25) is 4.98 Å². The molecule has 0 aliphatic heterocycles. The second-order valence-corrected chi connectivity index (χ2v) is 1.29. The molecule has 0 radical (unpaired) electrons. The number of anilines is 1. The van der Waals surface area contributed by atoms with E-state index >= 15 is 0 Å². The molecule has 3 nitrogen and oxygen atoms in total. The number of hydrogen-bond donors (Lipinski definition) is 1. The third-order valence-electron chi connectivity index (χ3n) is 0.684. The number of nitrogen functional groups attached to an aromatic ring is 1. The maximum atomic E-state index is 8.00. The lowest BCUT2D eigenvalue weighted by atomic mass is 10.4. The van der Waals surface area contributed by atoms with Crippen molar-refractivity contribution in [3.8, 4) is 0 Å². The summed E-state index contributed by atoms with van der Waals surface area (Å²) in [6.45, 7) is 2.00. The van der Waals surface area contributed by atoms with Crippen LogP contribution in [-0.4, -0.2) is 11.8 Å². The fourth-order valence-corrected chi connectivity index (χ4v) is 0.376. The Morgan fingerprint density at radius 1 is 1.56 bits per heavy atom. The lowest BCUT2D eigenvalue weighted by Crippen LogP contribution is -1.82. The molecule has 0 saturated carbocycles. The Labute approximate surface area is 53.5 Å². The van der Waals surface area contributed by atoms with Crippen LogP contribution >= 0.6 is 0 Å². The highest BCUT2D eigenvalue weighted by Gasteiger charge is 1.73. The molecule has 1 aromatic heterocycles. The van der Waals surface area contributed by atoms with E-state index in [1.165, 1.54) is 0 Å². The van der Waals surface area contributed by atoms with Crippen molar-refractivity contribution in [2.24, 2.45) is 0 Å². The largest absolute Gasteiger partial charge is 0.397 e. The lowest BCUT2D eigenvalue weighted by molar-refractivity contribution is -0.0979. The summed E-state index contributed by atoms with van der Waals surface area (Å²) < 4.78 is 0. The highest BCUT2D eigenvalue weighted by atomic mass is 16.1. The van der Waals surface area contributed by atoms with Gasteiger partial charge in [-0.05, 0) is 12.1 Å². The average Bonchev–Trinajstić information content (AvgIpc) is 1.94. The first-order valence-corrected chi connectivity index (χ1v) is 2.34. The Bertz CT molecular complexity index is 152. The van der Waals surface area contributed by atoms with Gasteiger partial charge in [-0.2, -0.15) is 0 Å². The molecule has 3 heteroatoms. The first-order chi connectivity index (χ1) is 4.39. The van der Waals surface area contributed by atoms with E-state index in [2.05, 4.69) is 4.98 Å². The summed E-state index contributed by atoms with van der Waals surface area (Å²) in [6.07, 6.45) is 3.30. The van der Waals surface area contributed by atoms with Gasteiger partial charge in [0.1, 0.15) is 6.79 Å². The summed E-state index contributed by atoms with van der Waals surface area (Å²) in [4.78, 5) is 11.8. The van der Waals surface area contributed by atoms with Crippen molar-refractivity contribution in [1.82, 2.24) is 4.98 Å². The van der Waals surface area contributed by atoms with E-state index in [9.17, 15) is 0 Å². The van der Waals surface area contributed by atoms with Crippen LogP contribution in [-0.2, 0) is 4.79 Å². The molecule has 48 valence electrons. The number of nitrogens with zero attached hydrogens (tertiary/aromatic N) is 1. The van der Waals surface area contributed by atoms with E-state index in [4.69, 9.17) is 10.5 Å². The fraction of sp³-hybridized carbons (Fsp3) is 0. The van der Waals surface area contributed by atoms with Gasteiger partial charge in [-0.1, -0.05) is 0 Å². The predicted octanol–water partition coefficient (Wildman–Crippen LogP) is 0.479. The van der Waals surface area contributed by atoms with Gasteiger partial charge in [-0.25, -0.2) is 0 Å². The van der Waals surface area contributed by atoms with Crippen molar-refractivity contribution in [2.45, 2.75) is 0 Å². The van der Waals surface area contributed by atoms with E-state index in [0.29, 0.717) is 5.69 Å². The summed E-state index contributed by atoms with van der Waals surface area (Å²) in [5.74, 6) is 0. The maximum absolute atomic E-state index is 8.00. The van der Waals surface area contributed by atoms with Crippen LogP contribution in [0.5, 0.6) is 0 Å². The van der Waals surface area contributed by atoms with Gasteiger partial charge in [0.25, 0.3) is 0 Å². The van der Waals surface area contributed by atoms with Gasteiger partial charge < -0.3 is 10.5 Å². The number of nitrogens with two attached hydrogens (primary N) is 1. The molecule has 0 amide bonds. The molecule has 0 aliphatic rings. The Hall–Kier alpha value is -1.38. The zero-order valence-corrected chi connectivity index (χ0v) is 4.95. The SMILES string of the molecule is C=O.Nc1cccnc1. The Morgan fingerprint density at radius 3 is 2.44 bits per heavy atom. The van der Waals surface area contributed by atoms with Crippen LogP contribution in [0.3, 0.4) is 0 Å². The van der Waals surface area contributed by atoms with Crippen molar-refractivity contribution in [2.75, 3.05) is 5.73 Å². The Balaban J connectivity index is 0.000000291. The molecule has 0 unspecified atom stereocenters. The van der Waals surface area contributed by atoms with Crippen LogP contribution < -0.4 is 5.73 Å². The molecule has 0 bridgehead atoms. The van der Waals surface area contributed by atoms with Gasteiger partial charge in [0.05, 0.1) is 5.69 Å². The first-order valence-electron chi connectivity index (χ1n) is 2.34. The summed E-state index contributed by atoms with van der Waals surface area (Å²) in [5.41, 5.74) is 6.01. The molecule has 0 aromatic carbocycles. The minimum atomic E-state index is 0.711. The van der Waals surface area contributed by atoms with E-state index in [-0.39, 0.29) is 0 Å². The van der Waals surface area contributed by atoms with Crippen molar-refractivity contribution in [3.05, 3.63) is 24.5 Å². The number of hydrogen-bond acceptors (Lipinski definition) is 3. The maximum Gasteiger partial charge on any atom is 0.106 e. The Kier molecular flexibility index (Phi) is 4.04. The smallest absolute Gasteiger partial charge is 0.106 e. The summed E-state index contributed by atoms with van der Waals surface area (Å²) >= 11 is 0. The molecule has 1 rings (SSSR count). The molecular weight excluding hydrogens is 116 g/mol. The third kappa shape index (κ3) is 3.22. The van der Waals surface area contributed by atoms with Gasteiger partial charge in [0.15, 0.2) is 0 Å². The molecule has 0 saturated heterocycles. The van der Waals surface area contributed by atoms with Crippen LogP contribution in [0.4, 0.5) is 5.69 Å². The first kappa shape index (κ1) is 7.62. The molecule has 1 aromatic rings. The van der Waals surface area contributed by atoms with Crippen LogP contribution in [0.25, 0.3) is 0 Å². The summed E-state index contributed by atoms with van der Waals surface area (Å²) in [6, 6.07) is 3.60. The van der Waals surface area contributed by atoms with Gasteiger partial charge in [0, 0.05) is 12.4 Å². The van der Waals surface area contributed by atoms with Gasteiger partial charge >= 0.3 is 0 Å². The molecule has 1 heterocycles. The van der Waals surface area contributed by atoms with Gasteiger partial charge in [-0.15, -0.1) is 0 Å². The molecule has 0 spiro atoms. The molecule has 0 fully saturated rings. The monoisotopic (exact) mass is 124 g/mol. The zero-order chi connectivity index (χ0) is 7.11. The number of aromatic nitrogens is 1. The minimum Gasteiger partial charge on any atom is -0.397 e. The molecular formula is C6H8N2O. The number of rotatable bonds is 0. The quantitative estimate of drug-likeness (QED) is 0.547. The number of carbonyl (C=O) groups excluding carboxylic acids is 1. The van der Waals surface area contributed by atoms with Gasteiger partial charge in [0.2, 0.25) is 0 Å². The van der Waals surface area contributed by atoms with E-state index in [1.54, 1.807) is 24.5 Å². The van der Waals surface area contributed by atoms with Crippen molar-refractivity contribution in [1.29, 1.82) is 0 Å². The average molecular weight is 124 g/mol. The van der Waals surface area contributed by atoms with Crippen molar-refractivity contribution < 1.29 is 4.79 Å². The molecule has 2 N–H and O–H groups in total. The molecule has 0 atom stereocenters. The number of carbonyl (C=O) groups is 1. The number of pyridine rings is 1. The Morgan fingerprint density at radius 2 is 2.22 bits per heavy atom.